The average molecular weight is 373 g/mol. The zero-order valence-corrected chi connectivity index (χ0v) is 16.8. The van der Waals surface area contributed by atoms with E-state index in [2.05, 4.69) is 16.3 Å². The Labute approximate surface area is 161 Å². The molecular weight excluding hydrogens is 342 g/mol. The minimum atomic E-state index is -0.459. The molecule has 1 atom stereocenters. The van der Waals surface area contributed by atoms with Crippen molar-refractivity contribution >= 4 is 23.4 Å². The molecule has 0 aliphatic carbocycles. The van der Waals surface area contributed by atoms with Crippen LogP contribution < -0.4 is 10.2 Å². The van der Waals surface area contributed by atoms with Crippen molar-refractivity contribution in [1.29, 1.82) is 0 Å². The first kappa shape index (κ1) is 19.5. The van der Waals surface area contributed by atoms with E-state index in [1.165, 1.54) is 0 Å². The molecule has 0 bridgehead atoms. The van der Waals surface area contributed by atoms with Crippen LogP contribution in [0.2, 0.25) is 0 Å². The van der Waals surface area contributed by atoms with E-state index in [0.29, 0.717) is 5.92 Å². The molecule has 6 heteroatoms. The van der Waals surface area contributed by atoms with Gasteiger partial charge in [-0.3, -0.25) is 4.79 Å². The summed E-state index contributed by atoms with van der Waals surface area (Å²) in [5.74, 6) is 0.515. The van der Waals surface area contributed by atoms with E-state index in [0.717, 1.165) is 50.4 Å². The number of ether oxygens (including phenoxy) is 1. The predicted octanol–water partition coefficient (Wildman–Crippen LogP) is 3.73. The van der Waals surface area contributed by atoms with Crippen molar-refractivity contribution in [3.05, 3.63) is 24.3 Å². The fourth-order valence-corrected chi connectivity index (χ4v) is 3.73. The standard InChI is InChI=1S/C21H31N3O3/c1-15-13-24(18-8-6-5-7-17(18)22-19(15)25)14-16-9-11-23(12-10-16)20(26)27-21(2,3)4/h5-8,15-16H,9-14H2,1-4H3,(H,22,25)/t15-/m0/s1. The summed E-state index contributed by atoms with van der Waals surface area (Å²) in [6.07, 6.45) is 1.69. The fraction of sp³-hybridized carbons (Fsp3) is 0.619. The molecule has 0 spiro atoms. The van der Waals surface area contributed by atoms with Gasteiger partial charge in [-0.1, -0.05) is 19.1 Å². The van der Waals surface area contributed by atoms with E-state index >= 15 is 0 Å². The number of rotatable bonds is 2. The highest BCUT2D eigenvalue weighted by molar-refractivity contribution is 5.97. The number of likely N-dealkylation sites (tertiary alicyclic amines) is 1. The lowest BCUT2D eigenvalue weighted by atomic mass is 9.95. The van der Waals surface area contributed by atoms with Gasteiger partial charge in [0.25, 0.3) is 0 Å². The number of hydrogen-bond acceptors (Lipinski definition) is 4. The van der Waals surface area contributed by atoms with Crippen LogP contribution in [0.4, 0.5) is 16.2 Å². The lowest BCUT2D eigenvalue weighted by molar-refractivity contribution is -0.119. The first-order valence-electron chi connectivity index (χ1n) is 9.85. The Morgan fingerprint density at radius 3 is 2.56 bits per heavy atom. The molecule has 0 radical (unpaired) electrons. The molecule has 1 aromatic carbocycles. The number of fused-ring (bicyclic) bond motifs is 1. The van der Waals surface area contributed by atoms with E-state index in [1.54, 1.807) is 0 Å². The number of nitrogens with zero attached hydrogens (tertiary/aromatic N) is 2. The van der Waals surface area contributed by atoms with Gasteiger partial charge in [0.2, 0.25) is 5.91 Å². The maximum Gasteiger partial charge on any atom is 0.410 e. The Balaban J connectivity index is 1.61. The number of piperidine rings is 1. The summed E-state index contributed by atoms with van der Waals surface area (Å²) in [7, 11) is 0. The molecule has 1 fully saturated rings. The molecule has 0 aromatic heterocycles. The Kier molecular flexibility index (Phi) is 5.63. The number of hydrogen-bond donors (Lipinski definition) is 1. The maximum atomic E-state index is 12.3. The smallest absolute Gasteiger partial charge is 0.410 e. The van der Waals surface area contributed by atoms with Crippen molar-refractivity contribution < 1.29 is 14.3 Å². The van der Waals surface area contributed by atoms with Crippen molar-refractivity contribution in [2.75, 3.05) is 36.4 Å². The van der Waals surface area contributed by atoms with Gasteiger partial charge >= 0.3 is 6.09 Å². The van der Waals surface area contributed by atoms with Crippen LogP contribution in [0.3, 0.4) is 0 Å². The minimum Gasteiger partial charge on any atom is -0.444 e. The first-order valence-corrected chi connectivity index (χ1v) is 9.85. The Bertz CT molecular complexity index is 690. The number of amides is 2. The molecule has 148 valence electrons. The van der Waals surface area contributed by atoms with E-state index in [9.17, 15) is 9.59 Å². The third-order valence-corrected chi connectivity index (χ3v) is 5.19. The normalized spacial score (nSPS) is 21.3. The molecule has 3 rings (SSSR count). The largest absolute Gasteiger partial charge is 0.444 e. The van der Waals surface area contributed by atoms with E-state index < -0.39 is 5.60 Å². The Morgan fingerprint density at radius 1 is 1.22 bits per heavy atom. The van der Waals surface area contributed by atoms with Gasteiger partial charge < -0.3 is 19.9 Å². The van der Waals surface area contributed by atoms with Gasteiger partial charge in [0.15, 0.2) is 0 Å². The van der Waals surface area contributed by atoms with Gasteiger partial charge in [0.05, 0.1) is 17.3 Å². The third-order valence-electron chi connectivity index (χ3n) is 5.19. The van der Waals surface area contributed by atoms with Crippen LogP contribution in [0, 0.1) is 11.8 Å². The molecule has 0 unspecified atom stereocenters. The number of benzene rings is 1. The number of carbonyl (C=O) groups excluding carboxylic acids is 2. The molecule has 1 saturated heterocycles. The minimum absolute atomic E-state index is 0.0562. The second-order valence-corrected chi connectivity index (χ2v) is 8.72. The Hall–Kier alpha value is -2.24. The molecule has 2 aliphatic rings. The Morgan fingerprint density at radius 2 is 1.89 bits per heavy atom. The zero-order chi connectivity index (χ0) is 19.6. The van der Waals surface area contributed by atoms with Gasteiger partial charge in [-0.25, -0.2) is 4.79 Å². The molecule has 2 heterocycles. The highest BCUT2D eigenvalue weighted by Crippen LogP contribution is 2.32. The van der Waals surface area contributed by atoms with Gasteiger partial charge in [-0.15, -0.1) is 0 Å². The highest BCUT2D eigenvalue weighted by atomic mass is 16.6. The molecule has 2 aliphatic heterocycles. The first-order chi connectivity index (χ1) is 12.7. The summed E-state index contributed by atoms with van der Waals surface area (Å²) >= 11 is 0. The average Bonchev–Trinajstić information content (AvgIpc) is 2.71. The lowest BCUT2D eigenvalue weighted by Crippen LogP contribution is -2.44. The van der Waals surface area contributed by atoms with Crippen molar-refractivity contribution in [1.82, 2.24) is 4.90 Å². The van der Waals surface area contributed by atoms with E-state index in [-0.39, 0.29) is 17.9 Å². The SMILES string of the molecule is C[C@H]1CN(CC2CCN(C(=O)OC(C)(C)C)CC2)c2ccccc2NC1=O. The number of para-hydroxylation sites is 2. The van der Waals surface area contributed by atoms with Crippen LogP contribution in [-0.4, -0.2) is 48.7 Å². The fourth-order valence-electron chi connectivity index (χ4n) is 3.73. The topological polar surface area (TPSA) is 61.9 Å². The summed E-state index contributed by atoms with van der Waals surface area (Å²) in [6.45, 7) is 10.7. The van der Waals surface area contributed by atoms with Crippen LogP contribution in [-0.2, 0) is 9.53 Å². The van der Waals surface area contributed by atoms with Crippen LogP contribution in [0.25, 0.3) is 0 Å². The molecule has 1 N–H and O–H groups in total. The predicted molar refractivity (Wildman–Crippen MR) is 107 cm³/mol. The maximum absolute atomic E-state index is 12.3. The number of nitrogens with one attached hydrogen (secondary N) is 1. The second-order valence-electron chi connectivity index (χ2n) is 8.72. The van der Waals surface area contributed by atoms with Crippen molar-refractivity contribution in [2.24, 2.45) is 11.8 Å². The van der Waals surface area contributed by atoms with Crippen LogP contribution in [0.1, 0.15) is 40.5 Å². The summed E-state index contributed by atoms with van der Waals surface area (Å²) in [6, 6.07) is 8.00. The second kappa shape index (κ2) is 7.79. The van der Waals surface area contributed by atoms with Gasteiger partial charge in [0.1, 0.15) is 5.60 Å². The number of carbonyl (C=O) groups is 2. The monoisotopic (exact) mass is 373 g/mol. The van der Waals surface area contributed by atoms with E-state index in [1.807, 2.05) is 50.8 Å². The lowest BCUT2D eigenvalue weighted by Gasteiger charge is -2.36. The number of anilines is 2. The van der Waals surface area contributed by atoms with Crippen LogP contribution >= 0.6 is 0 Å². The van der Waals surface area contributed by atoms with Crippen molar-refractivity contribution in [3.63, 3.8) is 0 Å². The molecule has 1 aromatic rings. The van der Waals surface area contributed by atoms with Crippen LogP contribution in [0.5, 0.6) is 0 Å². The molecule has 6 nitrogen and oxygen atoms in total. The summed E-state index contributed by atoms with van der Waals surface area (Å²) < 4.78 is 5.48. The third kappa shape index (κ3) is 4.93. The molecule has 27 heavy (non-hydrogen) atoms. The van der Waals surface area contributed by atoms with E-state index in [4.69, 9.17) is 4.74 Å². The van der Waals surface area contributed by atoms with Crippen LogP contribution in [0.15, 0.2) is 24.3 Å². The van der Waals surface area contributed by atoms with Crippen molar-refractivity contribution in [3.8, 4) is 0 Å². The quantitative estimate of drug-likeness (QED) is 0.858. The summed E-state index contributed by atoms with van der Waals surface area (Å²) in [5.41, 5.74) is 1.52. The van der Waals surface area contributed by atoms with Gasteiger partial charge in [-0.2, -0.15) is 0 Å². The molecular formula is C21H31N3O3. The van der Waals surface area contributed by atoms with Gasteiger partial charge in [0, 0.05) is 26.2 Å². The molecule has 0 saturated carbocycles. The summed E-state index contributed by atoms with van der Waals surface area (Å²) in [4.78, 5) is 28.6. The zero-order valence-electron chi connectivity index (χ0n) is 16.8. The highest BCUT2D eigenvalue weighted by Gasteiger charge is 2.30. The molecule has 2 amide bonds. The van der Waals surface area contributed by atoms with Crippen molar-refractivity contribution in [2.45, 2.75) is 46.1 Å². The van der Waals surface area contributed by atoms with Gasteiger partial charge in [-0.05, 0) is 51.7 Å². The summed E-state index contributed by atoms with van der Waals surface area (Å²) in [5, 5.41) is 3.03.